The van der Waals surface area contributed by atoms with E-state index in [0.717, 1.165) is 6.92 Å². The average molecular weight is 630 g/mol. The van der Waals surface area contributed by atoms with Crippen molar-refractivity contribution >= 4 is 17.8 Å². The molecule has 0 aromatic heterocycles. The van der Waals surface area contributed by atoms with Crippen molar-refractivity contribution in [1.29, 1.82) is 0 Å². The maximum Gasteiger partial charge on any atom is 0.335 e. The Morgan fingerprint density at radius 3 is 1.84 bits per heavy atom. The van der Waals surface area contributed by atoms with Crippen molar-refractivity contribution < 1.29 is 88.8 Å². The van der Waals surface area contributed by atoms with Crippen molar-refractivity contribution in [2.45, 2.75) is 125 Å². The quantitative estimate of drug-likeness (QED) is 0.102. The molecule has 0 aliphatic carbocycles. The Bertz CT molecular complexity index is 971. The second-order valence-corrected chi connectivity index (χ2v) is 10.5. The van der Waals surface area contributed by atoms with Gasteiger partial charge in [0.1, 0.15) is 61.0 Å². The zero-order valence-electron chi connectivity index (χ0n) is 23.4. The second kappa shape index (κ2) is 14.8. The third kappa shape index (κ3) is 7.76. The van der Waals surface area contributed by atoms with E-state index < -0.39 is 123 Å². The highest BCUT2D eigenvalue weighted by atomic mass is 16.8. The van der Waals surface area contributed by atoms with Crippen LogP contribution in [0.15, 0.2) is 0 Å². The largest absolute Gasteiger partial charge is 0.479 e. The minimum absolute atomic E-state index is 0.470. The van der Waals surface area contributed by atoms with Gasteiger partial charge >= 0.3 is 11.9 Å². The second-order valence-electron chi connectivity index (χ2n) is 10.5. The summed E-state index contributed by atoms with van der Waals surface area (Å²) in [5.41, 5.74) is 0. The Balaban J connectivity index is 1.86. The first kappa shape index (κ1) is 35.4. The van der Waals surface area contributed by atoms with Crippen molar-refractivity contribution in [3.63, 3.8) is 0 Å². The topological polar surface area (TPSA) is 301 Å². The fourth-order valence-corrected chi connectivity index (χ4v) is 4.84. The van der Waals surface area contributed by atoms with E-state index in [9.17, 15) is 60.3 Å². The first-order valence-corrected chi connectivity index (χ1v) is 13.5. The summed E-state index contributed by atoms with van der Waals surface area (Å²) in [6, 6.07) is -1.63. The molecule has 0 spiro atoms. The number of hydrogen-bond donors (Lipinski definition) is 10. The van der Waals surface area contributed by atoms with E-state index >= 15 is 0 Å². The fourth-order valence-electron chi connectivity index (χ4n) is 4.84. The molecule has 3 saturated heterocycles. The number of nitrogens with one attached hydrogen (secondary N) is 1. The third-order valence-corrected chi connectivity index (χ3v) is 7.35. The molecule has 0 bridgehead atoms. The van der Waals surface area contributed by atoms with E-state index in [1.165, 1.54) is 0 Å². The molecule has 1 amide bonds. The van der Waals surface area contributed by atoms with Crippen LogP contribution >= 0.6 is 0 Å². The van der Waals surface area contributed by atoms with Gasteiger partial charge in [-0.3, -0.25) is 4.79 Å². The molecule has 0 unspecified atom stereocenters. The molecule has 3 heterocycles. The first-order valence-electron chi connectivity index (χ1n) is 13.5. The number of carboxylic acid groups (broad SMARTS) is 2. The van der Waals surface area contributed by atoms with Crippen molar-refractivity contribution in [2.75, 3.05) is 6.61 Å². The number of carbonyl (C=O) groups is 3. The van der Waals surface area contributed by atoms with Gasteiger partial charge in [-0.25, -0.2) is 9.59 Å². The number of carbonyl (C=O) groups excluding carboxylic acids is 1. The molecular formula is C24H39NO18. The molecule has 3 rings (SSSR count). The standard InChI is InChI=1S/C24H39NO18/c1-4-6(2)38-23-15(33)13(31)17(19(43-23)21(36)37)41-22-9(25-7(3)27)10(28)16(8(5-26)39-22)40-24-14(32)11(29)12(30)18(42-24)20(34)35/h6,8-19,22-24,26,28-33H,4-5H2,1-3H3,(H,25,27)(H,34,35)(H,36,37)/t6-,8+,9+,10+,11-,12-,13+,14+,15+,16+,17-,18-,19-,22+,23+,24+/m0/s1. The van der Waals surface area contributed by atoms with Crippen molar-refractivity contribution in [3.05, 3.63) is 0 Å². The molecule has 19 heteroatoms. The van der Waals surface area contributed by atoms with Crippen LogP contribution in [0.25, 0.3) is 0 Å². The zero-order chi connectivity index (χ0) is 32.3. The van der Waals surface area contributed by atoms with Crippen LogP contribution in [0.1, 0.15) is 27.2 Å². The van der Waals surface area contributed by atoms with E-state index in [0.29, 0.717) is 6.42 Å². The molecule has 3 aliphatic heterocycles. The maximum atomic E-state index is 12.0. The van der Waals surface area contributed by atoms with Crippen LogP contribution in [-0.4, -0.2) is 169 Å². The van der Waals surface area contributed by atoms with Crippen molar-refractivity contribution in [2.24, 2.45) is 0 Å². The van der Waals surface area contributed by atoms with Gasteiger partial charge in [0.2, 0.25) is 5.91 Å². The van der Waals surface area contributed by atoms with Gasteiger partial charge < -0.3 is 79.7 Å². The first-order chi connectivity index (χ1) is 20.1. The van der Waals surface area contributed by atoms with Crippen LogP contribution in [-0.2, 0) is 42.8 Å². The van der Waals surface area contributed by atoms with Gasteiger partial charge in [0, 0.05) is 6.92 Å². The number of rotatable bonds is 11. The van der Waals surface area contributed by atoms with E-state index in [1.54, 1.807) is 13.8 Å². The molecule has 0 aromatic carbocycles. The molecule has 0 aromatic rings. The Morgan fingerprint density at radius 2 is 1.30 bits per heavy atom. The molecule has 0 saturated carbocycles. The van der Waals surface area contributed by atoms with E-state index in [2.05, 4.69) is 5.32 Å². The fraction of sp³-hybridized carbons (Fsp3) is 0.875. The summed E-state index contributed by atoms with van der Waals surface area (Å²) in [6.07, 6.45) is -26.4. The Morgan fingerprint density at radius 1 is 0.744 bits per heavy atom. The molecular weight excluding hydrogens is 590 g/mol. The number of hydrogen-bond acceptors (Lipinski definition) is 16. The van der Waals surface area contributed by atoms with E-state index in [4.69, 9.17) is 28.4 Å². The van der Waals surface area contributed by atoms with Gasteiger partial charge in [0.25, 0.3) is 0 Å². The summed E-state index contributed by atoms with van der Waals surface area (Å²) in [5.74, 6) is -4.10. The predicted molar refractivity (Wildman–Crippen MR) is 133 cm³/mol. The number of aliphatic hydroxyl groups excluding tert-OH is 7. The molecule has 3 aliphatic rings. The molecule has 19 nitrogen and oxygen atoms in total. The lowest BCUT2D eigenvalue weighted by Gasteiger charge is -2.48. The Hall–Kier alpha value is -2.11. The van der Waals surface area contributed by atoms with Gasteiger partial charge in [0.15, 0.2) is 31.1 Å². The summed E-state index contributed by atoms with van der Waals surface area (Å²) in [6.45, 7) is 3.49. The van der Waals surface area contributed by atoms with Crippen LogP contribution in [0.2, 0.25) is 0 Å². The summed E-state index contributed by atoms with van der Waals surface area (Å²) in [4.78, 5) is 35.5. The SMILES string of the molecule is CC[C@H](C)O[C@@H]1O[C@H](C(=O)O)[C@@H](O[C@H]2O[C@H](CO)[C@@H](O[C@@H]3O[C@H](C(=O)O)[C@@H](O)[C@H](O)[C@H]3O)[C@H](O)[C@H]2NC(C)=O)[C@H](O)[C@H]1O. The summed E-state index contributed by atoms with van der Waals surface area (Å²) in [5, 5.41) is 94.3. The summed E-state index contributed by atoms with van der Waals surface area (Å²) < 4.78 is 32.7. The third-order valence-electron chi connectivity index (χ3n) is 7.35. The maximum absolute atomic E-state index is 12.0. The van der Waals surface area contributed by atoms with Crippen LogP contribution in [0, 0.1) is 0 Å². The van der Waals surface area contributed by atoms with Gasteiger partial charge in [0.05, 0.1) is 12.7 Å². The number of amides is 1. The van der Waals surface area contributed by atoms with Gasteiger partial charge in [-0.15, -0.1) is 0 Å². The van der Waals surface area contributed by atoms with Crippen LogP contribution < -0.4 is 5.32 Å². The van der Waals surface area contributed by atoms with Gasteiger partial charge in [-0.2, -0.15) is 0 Å². The molecule has 248 valence electrons. The molecule has 16 atom stereocenters. The molecule has 0 radical (unpaired) electrons. The molecule has 10 N–H and O–H groups in total. The van der Waals surface area contributed by atoms with Crippen LogP contribution in [0.5, 0.6) is 0 Å². The number of ether oxygens (including phenoxy) is 6. The smallest absolute Gasteiger partial charge is 0.335 e. The van der Waals surface area contributed by atoms with Crippen LogP contribution in [0.4, 0.5) is 0 Å². The van der Waals surface area contributed by atoms with Crippen molar-refractivity contribution in [3.8, 4) is 0 Å². The van der Waals surface area contributed by atoms with E-state index in [1.807, 2.05) is 0 Å². The van der Waals surface area contributed by atoms with Gasteiger partial charge in [-0.05, 0) is 13.3 Å². The highest BCUT2D eigenvalue weighted by Gasteiger charge is 2.55. The predicted octanol–water partition coefficient (Wildman–Crippen LogP) is -5.42. The summed E-state index contributed by atoms with van der Waals surface area (Å²) in [7, 11) is 0. The number of aliphatic carboxylic acids is 2. The summed E-state index contributed by atoms with van der Waals surface area (Å²) >= 11 is 0. The van der Waals surface area contributed by atoms with Crippen LogP contribution in [0.3, 0.4) is 0 Å². The average Bonchev–Trinajstić information content (AvgIpc) is 2.94. The lowest BCUT2D eigenvalue weighted by molar-refractivity contribution is -0.363. The number of aliphatic hydroxyl groups is 7. The highest BCUT2D eigenvalue weighted by molar-refractivity contribution is 5.74. The molecule has 43 heavy (non-hydrogen) atoms. The Labute approximate surface area is 244 Å². The monoisotopic (exact) mass is 629 g/mol. The minimum Gasteiger partial charge on any atom is -0.479 e. The molecule has 3 fully saturated rings. The van der Waals surface area contributed by atoms with Crippen molar-refractivity contribution in [1.82, 2.24) is 5.32 Å². The number of carboxylic acids is 2. The zero-order valence-corrected chi connectivity index (χ0v) is 23.4. The minimum atomic E-state index is -2.06. The normalized spacial score (nSPS) is 44.4. The lowest BCUT2D eigenvalue weighted by atomic mass is 9.94. The van der Waals surface area contributed by atoms with E-state index in [-0.39, 0.29) is 0 Å². The van der Waals surface area contributed by atoms with Gasteiger partial charge in [-0.1, -0.05) is 6.92 Å². The Kier molecular flexibility index (Phi) is 12.2. The highest BCUT2D eigenvalue weighted by Crippen LogP contribution is 2.33. The lowest BCUT2D eigenvalue weighted by Crippen LogP contribution is -2.69.